The summed E-state index contributed by atoms with van der Waals surface area (Å²) in [5.41, 5.74) is 14.0. The summed E-state index contributed by atoms with van der Waals surface area (Å²) in [5, 5.41) is 0. The first-order valence-electron chi connectivity index (χ1n) is 11.0. The van der Waals surface area contributed by atoms with Crippen molar-refractivity contribution in [2.45, 2.75) is 80.4 Å². The minimum atomic E-state index is -0.159. The lowest BCUT2D eigenvalue weighted by atomic mass is 9.61. The van der Waals surface area contributed by atoms with Gasteiger partial charge in [-0.2, -0.15) is 0 Å². The molecule has 0 aromatic heterocycles. The van der Waals surface area contributed by atoms with Gasteiger partial charge >= 0.3 is 0 Å². The number of epoxide rings is 4. The van der Waals surface area contributed by atoms with Gasteiger partial charge in [-0.05, 0) is 68.6 Å². The van der Waals surface area contributed by atoms with Crippen LogP contribution in [0.4, 0.5) is 0 Å². The molecule has 6 aliphatic rings. The Hall–Kier alpha value is -0.240. The van der Waals surface area contributed by atoms with Crippen LogP contribution in [0.1, 0.15) is 44.9 Å². The lowest BCUT2D eigenvalue weighted by Gasteiger charge is -2.48. The van der Waals surface area contributed by atoms with Gasteiger partial charge in [0.1, 0.15) is 0 Å². The summed E-state index contributed by atoms with van der Waals surface area (Å²) in [6.45, 7) is 3.53. The number of ether oxygens (including phenoxy) is 4. The fourth-order valence-electron chi connectivity index (χ4n) is 6.88. The first kappa shape index (κ1) is 17.6. The molecule has 6 unspecified atom stereocenters. The minimum absolute atomic E-state index is 0.159. The second-order valence-electron chi connectivity index (χ2n) is 10.6. The van der Waals surface area contributed by atoms with Crippen LogP contribution in [-0.4, -0.2) is 61.9 Å². The lowest BCUT2D eigenvalue weighted by molar-refractivity contribution is 0.0588. The molecule has 0 aromatic rings. The molecular formula is C21H34N2O4. The standard InChI is InChI=1S/C21H34N2O4/c22-20(4-13-8-24-13,5-14-9-25-14)18-2-12-1-17(18)19(3-12)21(23,6-15-10-26-15)7-16-11-27-16/h12-19H,1-11,22-23H2. The number of nitrogens with two attached hydrogens (primary N) is 2. The van der Waals surface area contributed by atoms with E-state index in [1.807, 2.05) is 0 Å². The van der Waals surface area contributed by atoms with E-state index in [4.69, 9.17) is 30.4 Å². The van der Waals surface area contributed by atoms with E-state index in [1.165, 1.54) is 19.3 Å². The van der Waals surface area contributed by atoms with E-state index in [0.717, 1.165) is 58.0 Å². The molecule has 2 saturated carbocycles. The molecule has 4 saturated heterocycles. The molecule has 6 nitrogen and oxygen atoms in total. The maximum absolute atomic E-state index is 7.15. The molecule has 4 heterocycles. The molecule has 0 spiro atoms. The van der Waals surface area contributed by atoms with Crippen molar-refractivity contribution in [3.63, 3.8) is 0 Å². The normalized spacial score (nSPS) is 50.9. The highest BCUT2D eigenvalue weighted by molar-refractivity contribution is 5.13. The maximum atomic E-state index is 7.15. The van der Waals surface area contributed by atoms with Gasteiger partial charge in [-0.1, -0.05) is 0 Å². The molecule has 6 atom stereocenters. The van der Waals surface area contributed by atoms with Gasteiger partial charge in [0.05, 0.1) is 50.8 Å². The fourth-order valence-corrected chi connectivity index (χ4v) is 6.88. The van der Waals surface area contributed by atoms with Crippen molar-refractivity contribution in [3.8, 4) is 0 Å². The van der Waals surface area contributed by atoms with Crippen LogP contribution in [-0.2, 0) is 18.9 Å². The summed E-state index contributed by atoms with van der Waals surface area (Å²) in [4.78, 5) is 0. The van der Waals surface area contributed by atoms with Gasteiger partial charge in [-0.15, -0.1) is 0 Å². The molecule has 4 aliphatic heterocycles. The lowest BCUT2D eigenvalue weighted by Crippen LogP contribution is -2.57. The third kappa shape index (κ3) is 3.58. The SMILES string of the molecule is NC(CC1CO1)(CC1CO1)C1CC2CC1C(C(N)(CC1CO1)CC1CO1)C2. The Balaban J connectivity index is 1.24. The third-order valence-corrected chi connectivity index (χ3v) is 8.33. The summed E-state index contributed by atoms with van der Waals surface area (Å²) < 4.78 is 22.3. The molecule has 152 valence electrons. The predicted molar refractivity (Wildman–Crippen MR) is 99.1 cm³/mol. The van der Waals surface area contributed by atoms with Crippen LogP contribution in [0.5, 0.6) is 0 Å². The summed E-state index contributed by atoms with van der Waals surface area (Å²) in [6.07, 6.45) is 9.28. The minimum Gasteiger partial charge on any atom is -0.373 e. The summed E-state index contributed by atoms with van der Waals surface area (Å²) in [6, 6.07) is 0. The van der Waals surface area contributed by atoms with Crippen LogP contribution < -0.4 is 11.5 Å². The van der Waals surface area contributed by atoms with Crippen molar-refractivity contribution in [1.29, 1.82) is 0 Å². The topological polar surface area (TPSA) is 102 Å². The first-order chi connectivity index (χ1) is 13.0. The van der Waals surface area contributed by atoms with E-state index in [1.54, 1.807) is 0 Å². The van der Waals surface area contributed by atoms with Crippen LogP contribution in [0.2, 0.25) is 0 Å². The van der Waals surface area contributed by atoms with Gasteiger partial charge < -0.3 is 30.4 Å². The van der Waals surface area contributed by atoms with E-state index >= 15 is 0 Å². The largest absolute Gasteiger partial charge is 0.373 e. The van der Waals surface area contributed by atoms with E-state index in [-0.39, 0.29) is 11.1 Å². The maximum Gasteiger partial charge on any atom is 0.0827 e. The van der Waals surface area contributed by atoms with Gasteiger partial charge in [0, 0.05) is 11.1 Å². The quantitative estimate of drug-likeness (QED) is 0.554. The summed E-state index contributed by atoms with van der Waals surface area (Å²) in [5.74, 6) is 2.53. The Morgan fingerprint density at radius 2 is 0.926 bits per heavy atom. The van der Waals surface area contributed by atoms with Crippen molar-refractivity contribution < 1.29 is 18.9 Å². The van der Waals surface area contributed by atoms with Gasteiger partial charge in [0.15, 0.2) is 0 Å². The highest BCUT2D eigenvalue weighted by Crippen LogP contribution is 2.60. The van der Waals surface area contributed by atoms with Crippen LogP contribution in [0.25, 0.3) is 0 Å². The zero-order chi connectivity index (χ0) is 18.2. The van der Waals surface area contributed by atoms with Crippen molar-refractivity contribution in [1.82, 2.24) is 0 Å². The van der Waals surface area contributed by atoms with Crippen LogP contribution >= 0.6 is 0 Å². The third-order valence-electron chi connectivity index (χ3n) is 8.33. The van der Waals surface area contributed by atoms with Gasteiger partial charge in [0.2, 0.25) is 0 Å². The van der Waals surface area contributed by atoms with E-state index in [0.29, 0.717) is 42.2 Å². The van der Waals surface area contributed by atoms with Gasteiger partial charge in [0.25, 0.3) is 0 Å². The highest BCUT2D eigenvalue weighted by Gasteiger charge is 2.60. The molecule has 0 aromatic carbocycles. The molecule has 4 N–H and O–H groups in total. The number of rotatable bonds is 10. The zero-order valence-corrected chi connectivity index (χ0v) is 16.2. The van der Waals surface area contributed by atoms with E-state index < -0.39 is 0 Å². The van der Waals surface area contributed by atoms with Crippen molar-refractivity contribution in [2.24, 2.45) is 35.1 Å². The predicted octanol–water partition coefficient (Wildman–Crippen LogP) is 1.20. The average Bonchev–Trinajstić information content (AvgIpc) is 3.38. The van der Waals surface area contributed by atoms with Crippen molar-refractivity contribution >= 4 is 0 Å². The van der Waals surface area contributed by atoms with Crippen LogP contribution in [0.3, 0.4) is 0 Å². The molecule has 2 aliphatic carbocycles. The second kappa shape index (κ2) is 6.13. The number of fused-ring (bicyclic) bond motifs is 2. The van der Waals surface area contributed by atoms with Gasteiger partial charge in [-0.25, -0.2) is 0 Å². The molecule has 27 heavy (non-hydrogen) atoms. The fraction of sp³-hybridized carbons (Fsp3) is 1.00. The summed E-state index contributed by atoms with van der Waals surface area (Å²) >= 11 is 0. The molecule has 6 heteroatoms. The Morgan fingerprint density at radius 1 is 0.593 bits per heavy atom. The Kier molecular flexibility index (Phi) is 4.00. The highest BCUT2D eigenvalue weighted by atomic mass is 16.6. The molecule has 6 rings (SSSR count). The first-order valence-corrected chi connectivity index (χ1v) is 11.0. The molecule has 0 amide bonds. The van der Waals surface area contributed by atoms with Gasteiger partial charge in [-0.3, -0.25) is 0 Å². The Morgan fingerprint density at radius 3 is 1.19 bits per heavy atom. The van der Waals surface area contributed by atoms with Crippen molar-refractivity contribution in [3.05, 3.63) is 0 Å². The van der Waals surface area contributed by atoms with E-state index in [9.17, 15) is 0 Å². The second-order valence-corrected chi connectivity index (χ2v) is 10.6. The molecular weight excluding hydrogens is 344 g/mol. The van der Waals surface area contributed by atoms with E-state index in [2.05, 4.69) is 0 Å². The Bertz CT molecular complexity index is 509. The number of hydrogen-bond donors (Lipinski definition) is 2. The molecule has 0 radical (unpaired) electrons. The zero-order valence-electron chi connectivity index (χ0n) is 16.2. The average molecular weight is 379 g/mol. The molecule has 2 bridgehead atoms. The molecule has 6 fully saturated rings. The summed E-state index contributed by atoms with van der Waals surface area (Å²) in [7, 11) is 0. The van der Waals surface area contributed by atoms with Crippen molar-refractivity contribution in [2.75, 3.05) is 26.4 Å². The monoisotopic (exact) mass is 378 g/mol. The van der Waals surface area contributed by atoms with Crippen LogP contribution in [0, 0.1) is 23.7 Å². The van der Waals surface area contributed by atoms with Crippen LogP contribution in [0.15, 0.2) is 0 Å². The Labute approximate surface area is 161 Å². The smallest absolute Gasteiger partial charge is 0.0827 e. The number of hydrogen-bond acceptors (Lipinski definition) is 6.